The molecule has 1 aliphatic rings. The molecule has 3 atom stereocenters. The average molecular weight is 325 g/mol. The molecule has 0 saturated heterocycles. The molecule has 3 unspecified atom stereocenters. The third-order valence-electron chi connectivity index (χ3n) is 4.20. The van der Waals surface area contributed by atoms with Crippen LogP contribution in [0.15, 0.2) is 4.79 Å². The molecule has 10 heteroatoms. The highest BCUT2D eigenvalue weighted by molar-refractivity contribution is 5.98. The largest absolute Gasteiger partial charge is 0.379 e. The van der Waals surface area contributed by atoms with Crippen LogP contribution in [-0.4, -0.2) is 55.5 Å². The molecular formula is C13H19N5O5. The summed E-state index contributed by atoms with van der Waals surface area (Å²) in [5.74, 6) is -1.55. The van der Waals surface area contributed by atoms with E-state index in [1.54, 1.807) is 0 Å². The van der Waals surface area contributed by atoms with Gasteiger partial charge >= 0.3 is 0 Å². The fourth-order valence-electron chi connectivity index (χ4n) is 2.62. The normalized spacial score (nSPS) is 21.9. The van der Waals surface area contributed by atoms with Gasteiger partial charge in [-0.1, -0.05) is 0 Å². The number of carbonyl (C=O) groups is 2. The van der Waals surface area contributed by atoms with Crippen LogP contribution in [0.3, 0.4) is 0 Å². The van der Waals surface area contributed by atoms with Crippen molar-refractivity contribution in [3.63, 3.8) is 0 Å². The SMILES string of the molecule is CC(=O)C(C)(O)C(O)(C(C)=O)C1CNc2nc(N)[nH]c(=O)c2N1. The lowest BCUT2D eigenvalue weighted by molar-refractivity contribution is -0.179. The van der Waals surface area contributed by atoms with E-state index in [1.807, 2.05) is 0 Å². The minimum Gasteiger partial charge on any atom is -0.379 e. The number of ketones is 2. The fourth-order valence-corrected chi connectivity index (χ4v) is 2.62. The minimum atomic E-state index is -2.45. The van der Waals surface area contributed by atoms with Crippen molar-refractivity contribution >= 4 is 29.0 Å². The van der Waals surface area contributed by atoms with Gasteiger partial charge in [-0.05, 0) is 20.8 Å². The molecule has 0 amide bonds. The number of carbonyl (C=O) groups excluding carboxylic acids is 2. The molecule has 2 heterocycles. The van der Waals surface area contributed by atoms with Gasteiger partial charge in [0, 0.05) is 6.54 Å². The summed E-state index contributed by atoms with van der Waals surface area (Å²) in [6, 6.07) is -1.14. The second-order valence-corrected chi connectivity index (χ2v) is 5.70. The fraction of sp³-hybridized carbons (Fsp3) is 0.538. The third-order valence-corrected chi connectivity index (χ3v) is 4.20. The second kappa shape index (κ2) is 5.32. The number of nitrogens with two attached hydrogens (primary N) is 1. The first kappa shape index (κ1) is 16.9. The van der Waals surface area contributed by atoms with Crippen LogP contribution in [0.2, 0.25) is 0 Å². The van der Waals surface area contributed by atoms with Crippen LogP contribution in [0.5, 0.6) is 0 Å². The summed E-state index contributed by atoms with van der Waals surface area (Å²) in [4.78, 5) is 41.8. The van der Waals surface area contributed by atoms with Crippen LogP contribution in [-0.2, 0) is 9.59 Å². The number of Topliss-reactive ketones (excluding diaryl/α,β-unsaturated/α-hetero) is 2. The summed E-state index contributed by atoms with van der Waals surface area (Å²) < 4.78 is 0. The number of fused-ring (bicyclic) bond motifs is 1. The monoisotopic (exact) mass is 325 g/mol. The van der Waals surface area contributed by atoms with E-state index in [4.69, 9.17) is 5.73 Å². The number of nitrogens with zero attached hydrogens (tertiary/aromatic N) is 1. The number of nitrogens with one attached hydrogen (secondary N) is 3. The number of aromatic amines is 1. The third kappa shape index (κ3) is 2.45. The Kier molecular flexibility index (Phi) is 3.91. The van der Waals surface area contributed by atoms with Gasteiger partial charge in [0.2, 0.25) is 5.95 Å². The van der Waals surface area contributed by atoms with Crippen molar-refractivity contribution in [2.45, 2.75) is 38.0 Å². The standard InChI is InChI=1S/C13H19N5O5/c1-5(19)12(3,22)13(23,6(2)20)7-4-15-9-8(16-7)10(21)18-11(14)17-9/h7,16,22-23H,4H2,1-3H3,(H4,14,15,17,18,21). The Morgan fingerprint density at radius 1 is 1.30 bits per heavy atom. The Hall–Kier alpha value is -2.46. The van der Waals surface area contributed by atoms with Crippen molar-refractivity contribution in [2.24, 2.45) is 0 Å². The maximum absolute atomic E-state index is 12.0. The molecule has 126 valence electrons. The molecule has 10 nitrogen and oxygen atoms in total. The number of H-pyrrole nitrogens is 1. The van der Waals surface area contributed by atoms with Gasteiger partial charge in [-0.2, -0.15) is 4.98 Å². The van der Waals surface area contributed by atoms with E-state index in [-0.39, 0.29) is 24.0 Å². The highest BCUT2D eigenvalue weighted by Gasteiger charge is 2.58. The highest BCUT2D eigenvalue weighted by atomic mass is 16.4. The van der Waals surface area contributed by atoms with Crippen LogP contribution in [0.4, 0.5) is 17.5 Å². The molecule has 7 N–H and O–H groups in total. The van der Waals surface area contributed by atoms with Crippen LogP contribution < -0.4 is 21.9 Å². The van der Waals surface area contributed by atoms with E-state index in [0.717, 1.165) is 20.8 Å². The lowest BCUT2D eigenvalue weighted by atomic mass is 9.73. The van der Waals surface area contributed by atoms with Crippen LogP contribution in [0.25, 0.3) is 0 Å². The summed E-state index contributed by atoms with van der Waals surface area (Å²) in [6.07, 6.45) is 0. The maximum Gasteiger partial charge on any atom is 0.277 e. The second-order valence-electron chi connectivity index (χ2n) is 5.70. The number of hydrogen-bond acceptors (Lipinski definition) is 9. The van der Waals surface area contributed by atoms with E-state index >= 15 is 0 Å². The predicted octanol–water partition coefficient (Wildman–Crippen LogP) is -1.78. The van der Waals surface area contributed by atoms with Gasteiger partial charge in [-0.15, -0.1) is 0 Å². The molecule has 1 aromatic heterocycles. The zero-order chi connectivity index (χ0) is 17.6. The summed E-state index contributed by atoms with van der Waals surface area (Å²) in [7, 11) is 0. The first-order valence-electron chi connectivity index (χ1n) is 6.88. The smallest absolute Gasteiger partial charge is 0.277 e. The van der Waals surface area contributed by atoms with Crippen LogP contribution in [0, 0.1) is 0 Å². The van der Waals surface area contributed by atoms with Gasteiger partial charge in [-0.3, -0.25) is 19.4 Å². The quantitative estimate of drug-likeness (QED) is 0.374. The average Bonchev–Trinajstić information content (AvgIpc) is 2.45. The summed E-state index contributed by atoms with van der Waals surface area (Å²) in [6.45, 7) is 3.11. The maximum atomic E-state index is 12.0. The molecule has 2 rings (SSSR count). The molecule has 0 bridgehead atoms. The van der Waals surface area contributed by atoms with Gasteiger partial charge < -0.3 is 26.6 Å². The number of aromatic nitrogens is 2. The van der Waals surface area contributed by atoms with E-state index in [9.17, 15) is 24.6 Å². The van der Waals surface area contributed by atoms with Crippen molar-refractivity contribution in [1.82, 2.24) is 9.97 Å². The first-order chi connectivity index (χ1) is 10.5. The van der Waals surface area contributed by atoms with Crippen LogP contribution >= 0.6 is 0 Å². The van der Waals surface area contributed by atoms with Crippen molar-refractivity contribution in [3.05, 3.63) is 10.4 Å². The number of anilines is 3. The number of aliphatic hydroxyl groups is 2. The van der Waals surface area contributed by atoms with Gasteiger partial charge in [-0.25, -0.2) is 0 Å². The Morgan fingerprint density at radius 3 is 2.43 bits per heavy atom. The van der Waals surface area contributed by atoms with Crippen molar-refractivity contribution in [2.75, 3.05) is 22.9 Å². The number of nitrogen functional groups attached to an aromatic ring is 1. The van der Waals surface area contributed by atoms with E-state index < -0.39 is 34.4 Å². The van der Waals surface area contributed by atoms with Crippen LogP contribution in [0.1, 0.15) is 20.8 Å². The lowest BCUT2D eigenvalue weighted by Crippen LogP contribution is -2.70. The van der Waals surface area contributed by atoms with Crippen molar-refractivity contribution in [3.8, 4) is 0 Å². The molecule has 1 aromatic rings. The van der Waals surface area contributed by atoms with Gasteiger partial charge in [0.05, 0.1) is 6.04 Å². The Morgan fingerprint density at radius 2 is 1.91 bits per heavy atom. The summed E-state index contributed by atoms with van der Waals surface area (Å²) >= 11 is 0. The first-order valence-corrected chi connectivity index (χ1v) is 6.88. The van der Waals surface area contributed by atoms with E-state index in [2.05, 4.69) is 20.6 Å². The van der Waals surface area contributed by atoms with Crippen molar-refractivity contribution < 1.29 is 19.8 Å². The molecule has 23 heavy (non-hydrogen) atoms. The minimum absolute atomic E-state index is 0.0468. The molecule has 0 aromatic carbocycles. The topological polar surface area (TPSA) is 170 Å². The van der Waals surface area contributed by atoms with Gasteiger partial charge in [0.25, 0.3) is 5.56 Å². The molecular weight excluding hydrogens is 306 g/mol. The number of hydrogen-bond donors (Lipinski definition) is 6. The molecule has 0 fully saturated rings. The molecule has 0 saturated carbocycles. The Bertz CT molecular complexity index is 728. The summed E-state index contributed by atoms with van der Waals surface area (Å²) in [5.41, 5.74) is -0.0126. The zero-order valence-corrected chi connectivity index (χ0v) is 12.9. The molecule has 0 spiro atoms. The predicted molar refractivity (Wildman–Crippen MR) is 82.1 cm³/mol. The summed E-state index contributed by atoms with van der Waals surface area (Å²) in [5, 5.41) is 26.6. The Balaban J connectivity index is 2.50. The van der Waals surface area contributed by atoms with Gasteiger partial charge in [0.1, 0.15) is 5.69 Å². The molecule has 0 aliphatic carbocycles. The van der Waals surface area contributed by atoms with Gasteiger partial charge in [0.15, 0.2) is 28.6 Å². The molecule has 1 aliphatic heterocycles. The molecule has 0 radical (unpaired) electrons. The lowest BCUT2D eigenvalue weighted by Gasteiger charge is -2.44. The number of rotatable bonds is 4. The Labute approximate surface area is 131 Å². The van der Waals surface area contributed by atoms with E-state index in [0.29, 0.717) is 0 Å². The van der Waals surface area contributed by atoms with Crippen molar-refractivity contribution in [1.29, 1.82) is 0 Å². The highest BCUT2D eigenvalue weighted by Crippen LogP contribution is 2.33. The zero-order valence-electron chi connectivity index (χ0n) is 12.9. The van der Waals surface area contributed by atoms with E-state index in [1.165, 1.54) is 0 Å².